The van der Waals surface area contributed by atoms with E-state index in [-0.39, 0.29) is 34.1 Å². The standard InChI is InChI=1S/C18H19ClN2O6S/c1-26-13-6-10(5-12(19)16(13)23)7-14-17(24)21(18(25)28-14)9-15(22)20-8-11-3-2-4-27-11/h5-7,11,23H,2-4,8-9H2,1H3,(H,20,22)/b14-7-/t11-/m0/s1. The Morgan fingerprint density at radius 1 is 1.50 bits per heavy atom. The van der Waals surface area contributed by atoms with Gasteiger partial charge in [-0.15, -0.1) is 0 Å². The zero-order valence-corrected chi connectivity index (χ0v) is 16.6. The van der Waals surface area contributed by atoms with Crippen molar-refractivity contribution in [1.29, 1.82) is 0 Å². The molecule has 0 aliphatic carbocycles. The number of nitrogens with zero attached hydrogens (tertiary/aromatic N) is 1. The monoisotopic (exact) mass is 426 g/mol. The zero-order valence-electron chi connectivity index (χ0n) is 15.1. The number of benzene rings is 1. The van der Waals surface area contributed by atoms with Gasteiger partial charge in [0.15, 0.2) is 11.5 Å². The van der Waals surface area contributed by atoms with Crippen LogP contribution in [0.3, 0.4) is 0 Å². The van der Waals surface area contributed by atoms with Crippen LogP contribution in [0.5, 0.6) is 11.5 Å². The molecule has 2 aliphatic heterocycles. The second kappa shape index (κ2) is 8.85. The van der Waals surface area contributed by atoms with Gasteiger partial charge in [0.1, 0.15) is 6.54 Å². The molecule has 10 heteroatoms. The van der Waals surface area contributed by atoms with E-state index in [1.54, 1.807) is 0 Å². The van der Waals surface area contributed by atoms with Gasteiger partial charge in [0.05, 0.1) is 23.1 Å². The lowest BCUT2D eigenvalue weighted by Gasteiger charge is -2.14. The number of imide groups is 1. The highest BCUT2D eigenvalue weighted by Gasteiger charge is 2.36. The molecule has 2 fully saturated rings. The fourth-order valence-corrected chi connectivity index (χ4v) is 3.91. The molecule has 8 nitrogen and oxygen atoms in total. The Bertz CT molecular complexity index is 838. The summed E-state index contributed by atoms with van der Waals surface area (Å²) in [6.45, 7) is 0.686. The number of hydrogen-bond donors (Lipinski definition) is 2. The molecule has 0 spiro atoms. The van der Waals surface area contributed by atoms with Crippen molar-refractivity contribution in [2.75, 3.05) is 26.8 Å². The van der Waals surface area contributed by atoms with Crippen molar-refractivity contribution < 1.29 is 29.0 Å². The molecule has 28 heavy (non-hydrogen) atoms. The normalized spacial score (nSPS) is 20.9. The lowest BCUT2D eigenvalue weighted by Crippen LogP contribution is -2.41. The predicted octanol–water partition coefficient (Wildman–Crippen LogP) is 2.39. The van der Waals surface area contributed by atoms with Gasteiger partial charge in [-0.2, -0.15) is 0 Å². The topological polar surface area (TPSA) is 105 Å². The van der Waals surface area contributed by atoms with Crippen molar-refractivity contribution in [3.63, 3.8) is 0 Å². The largest absolute Gasteiger partial charge is 0.503 e. The number of hydrogen-bond acceptors (Lipinski definition) is 7. The van der Waals surface area contributed by atoms with Gasteiger partial charge in [-0.1, -0.05) is 11.6 Å². The smallest absolute Gasteiger partial charge is 0.294 e. The van der Waals surface area contributed by atoms with Gasteiger partial charge in [-0.3, -0.25) is 19.3 Å². The number of nitrogens with one attached hydrogen (secondary N) is 1. The molecular weight excluding hydrogens is 408 g/mol. The minimum Gasteiger partial charge on any atom is -0.503 e. The van der Waals surface area contributed by atoms with Crippen molar-refractivity contribution in [3.8, 4) is 11.5 Å². The second-order valence-corrected chi connectivity index (χ2v) is 7.66. The van der Waals surface area contributed by atoms with Crippen molar-refractivity contribution in [3.05, 3.63) is 27.6 Å². The number of halogens is 1. The third-order valence-electron chi connectivity index (χ3n) is 4.29. The molecule has 2 N–H and O–H groups in total. The summed E-state index contributed by atoms with van der Waals surface area (Å²) in [5.41, 5.74) is 0.480. The van der Waals surface area contributed by atoms with Crippen LogP contribution in [-0.4, -0.2) is 60.0 Å². The minimum atomic E-state index is -0.564. The average molecular weight is 427 g/mol. The SMILES string of the molecule is COc1cc(/C=C2\SC(=O)N(CC(=O)NC[C@@H]3CCCO3)C2=O)cc(Cl)c1O. The molecular formula is C18H19ClN2O6S. The highest BCUT2D eigenvalue weighted by molar-refractivity contribution is 8.18. The van der Waals surface area contributed by atoms with Gasteiger partial charge < -0.3 is 19.9 Å². The van der Waals surface area contributed by atoms with Crippen LogP contribution < -0.4 is 10.1 Å². The first-order chi connectivity index (χ1) is 13.4. The summed E-state index contributed by atoms with van der Waals surface area (Å²) in [4.78, 5) is 37.8. The van der Waals surface area contributed by atoms with E-state index in [0.717, 1.165) is 29.5 Å². The molecule has 0 unspecified atom stereocenters. The Kier molecular flexibility index (Phi) is 6.48. The Balaban J connectivity index is 1.66. The number of carbonyl (C=O) groups excluding carboxylic acids is 3. The van der Waals surface area contributed by atoms with Gasteiger partial charge in [-0.25, -0.2) is 0 Å². The zero-order chi connectivity index (χ0) is 20.3. The molecule has 0 aromatic heterocycles. The summed E-state index contributed by atoms with van der Waals surface area (Å²) >= 11 is 6.68. The van der Waals surface area contributed by atoms with Crippen molar-refractivity contribution in [2.24, 2.45) is 0 Å². The van der Waals surface area contributed by atoms with E-state index in [2.05, 4.69) is 5.32 Å². The summed E-state index contributed by atoms with van der Waals surface area (Å²) < 4.78 is 10.4. The number of rotatable bonds is 6. The Morgan fingerprint density at radius 3 is 2.96 bits per heavy atom. The molecule has 1 aromatic rings. The molecule has 3 amide bonds. The Labute approximate surface area is 170 Å². The van der Waals surface area contributed by atoms with Crippen molar-refractivity contribution >= 4 is 46.5 Å². The molecule has 1 atom stereocenters. The van der Waals surface area contributed by atoms with Crippen LogP contribution in [0, 0.1) is 0 Å². The molecule has 2 aliphatic rings. The Morgan fingerprint density at radius 2 is 2.29 bits per heavy atom. The van der Waals surface area contributed by atoms with Gasteiger partial charge in [0.25, 0.3) is 11.1 Å². The summed E-state index contributed by atoms with van der Waals surface area (Å²) in [5.74, 6) is -1.05. The minimum absolute atomic E-state index is 0.0204. The second-order valence-electron chi connectivity index (χ2n) is 6.26. The first kappa shape index (κ1) is 20.5. The summed E-state index contributed by atoms with van der Waals surface area (Å²) in [5, 5.41) is 12.0. The van der Waals surface area contributed by atoms with Crippen molar-refractivity contribution in [1.82, 2.24) is 10.2 Å². The predicted molar refractivity (Wildman–Crippen MR) is 104 cm³/mol. The summed E-state index contributed by atoms with van der Waals surface area (Å²) in [6.07, 6.45) is 3.28. The van der Waals surface area contributed by atoms with E-state index < -0.39 is 17.1 Å². The van der Waals surface area contributed by atoms with Gasteiger partial charge in [0, 0.05) is 13.2 Å². The maximum Gasteiger partial charge on any atom is 0.294 e. The third-order valence-corrected chi connectivity index (χ3v) is 5.49. The number of aromatic hydroxyl groups is 1. The first-order valence-electron chi connectivity index (χ1n) is 8.59. The number of thioether (sulfide) groups is 1. The van der Waals surface area contributed by atoms with Crippen molar-refractivity contribution in [2.45, 2.75) is 18.9 Å². The molecule has 0 bridgehead atoms. The van der Waals surface area contributed by atoms with E-state index in [9.17, 15) is 19.5 Å². The van der Waals surface area contributed by atoms with Gasteiger partial charge >= 0.3 is 0 Å². The number of methoxy groups -OCH3 is 1. The molecule has 150 valence electrons. The van der Waals surface area contributed by atoms with Crippen LogP contribution in [0.2, 0.25) is 5.02 Å². The lowest BCUT2D eigenvalue weighted by molar-refractivity contribution is -0.129. The molecule has 2 heterocycles. The van der Waals surface area contributed by atoms with E-state index in [4.69, 9.17) is 21.1 Å². The highest BCUT2D eigenvalue weighted by Crippen LogP contribution is 2.37. The van der Waals surface area contributed by atoms with Crippen LogP contribution in [0.4, 0.5) is 4.79 Å². The number of phenolic OH excluding ortho intramolecular Hbond substituents is 1. The van der Waals surface area contributed by atoms with Gasteiger partial charge in [0.2, 0.25) is 5.91 Å². The van der Waals surface area contributed by atoms with E-state index in [1.165, 1.54) is 25.3 Å². The van der Waals surface area contributed by atoms with E-state index in [1.807, 2.05) is 0 Å². The van der Waals surface area contributed by atoms with Crippen LogP contribution in [0.25, 0.3) is 6.08 Å². The lowest BCUT2D eigenvalue weighted by atomic mass is 10.2. The molecule has 2 saturated heterocycles. The van der Waals surface area contributed by atoms with E-state index >= 15 is 0 Å². The quantitative estimate of drug-likeness (QED) is 0.673. The summed E-state index contributed by atoms with van der Waals surface area (Å²) in [7, 11) is 1.37. The Hall–Kier alpha value is -2.23. The summed E-state index contributed by atoms with van der Waals surface area (Å²) in [6, 6.07) is 2.94. The average Bonchev–Trinajstić information content (AvgIpc) is 3.27. The van der Waals surface area contributed by atoms with Crippen LogP contribution in [0.15, 0.2) is 17.0 Å². The van der Waals surface area contributed by atoms with Crippen LogP contribution in [0.1, 0.15) is 18.4 Å². The molecule has 3 rings (SSSR count). The number of carbonyl (C=O) groups is 3. The van der Waals surface area contributed by atoms with Crippen LogP contribution >= 0.6 is 23.4 Å². The number of phenols is 1. The highest BCUT2D eigenvalue weighted by atomic mass is 35.5. The number of ether oxygens (including phenoxy) is 2. The van der Waals surface area contributed by atoms with E-state index in [0.29, 0.717) is 18.7 Å². The maximum absolute atomic E-state index is 12.5. The fraction of sp³-hybridized carbons (Fsp3) is 0.389. The van der Waals surface area contributed by atoms with Gasteiger partial charge in [-0.05, 0) is 48.4 Å². The first-order valence-corrected chi connectivity index (χ1v) is 9.78. The molecule has 1 aromatic carbocycles. The molecule has 0 saturated carbocycles. The fourth-order valence-electron chi connectivity index (χ4n) is 2.85. The molecule has 0 radical (unpaired) electrons. The van der Waals surface area contributed by atoms with Crippen LogP contribution in [-0.2, 0) is 14.3 Å². The number of amides is 3. The maximum atomic E-state index is 12.5. The third kappa shape index (κ3) is 4.60.